The van der Waals surface area contributed by atoms with E-state index in [0.717, 1.165) is 0 Å². The SMILES string of the molecule is COC(=O)[C@H](N)c1cccc([N+](=O)[O-])c1. The van der Waals surface area contributed by atoms with Crippen LogP contribution in [0.1, 0.15) is 11.6 Å². The van der Waals surface area contributed by atoms with Crippen LogP contribution >= 0.6 is 0 Å². The number of non-ortho nitro benzene ring substituents is 1. The summed E-state index contributed by atoms with van der Waals surface area (Å²) in [5.41, 5.74) is 5.77. The number of carbonyl (C=O) groups is 1. The van der Waals surface area contributed by atoms with Crippen LogP contribution in [0.25, 0.3) is 0 Å². The molecule has 0 unspecified atom stereocenters. The molecule has 1 rings (SSSR count). The van der Waals surface area contributed by atoms with Crippen LogP contribution in [0.15, 0.2) is 24.3 Å². The molecule has 0 saturated heterocycles. The summed E-state index contributed by atoms with van der Waals surface area (Å²) in [6.45, 7) is 0. The molecule has 1 aromatic rings. The number of nitrogens with zero attached hydrogens (tertiary/aromatic N) is 1. The molecular weight excluding hydrogens is 200 g/mol. The smallest absolute Gasteiger partial charge is 0.327 e. The Balaban J connectivity index is 3.00. The Kier molecular flexibility index (Phi) is 3.35. The van der Waals surface area contributed by atoms with E-state index in [1.807, 2.05) is 0 Å². The van der Waals surface area contributed by atoms with Gasteiger partial charge in [-0.2, -0.15) is 0 Å². The van der Waals surface area contributed by atoms with Crippen molar-refractivity contribution in [1.82, 2.24) is 0 Å². The quantitative estimate of drug-likeness (QED) is 0.451. The molecule has 0 spiro atoms. The summed E-state index contributed by atoms with van der Waals surface area (Å²) >= 11 is 0. The van der Waals surface area contributed by atoms with Gasteiger partial charge in [-0.05, 0) is 5.56 Å². The van der Waals surface area contributed by atoms with Crippen molar-refractivity contribution in [3.8, 4) is 0 Å². The Morgan fingerprint density at radius 1 is 1.60 bits per heavy atom. The molecule has 2 N–H and O–H groups in total. The van der Waals surface area contributed by atoms with E-state index in [2.05, 4.69) is 4.74 Å². The molecule has 0 heterocycles. The van der Waals surface area contributed by atoms with Crippen molar-refractivity contribution < 1.29 is 14.5 Å². The molecule has 0 fully saturated rings. The summed E-state index contributed by atoms with van der Waals surface area (Å²) in [6, 6.07) is 4.59. The number of nitrogens with two attached hydrogens (primary N) is 1. The Bertz CT molecular complexity index is 391. The molecule has 6 nitrogen and oxygen atoms in total. The van der Waals surface area contributed by atoms with Gasteiger partial charge in [0, 0.05) is 12.1 Å². The molecule has 1 atom stereocenters. The second-order valence-corrected chi connectivity index (χ2v) is 2.85. The van der Waals surface area contributed by atoms with Crippen LogP contribution in [-0.2, 0) is 9.53 Å². The zero-order chi connectivity index (χ0) is 11.4. The predicted octanol–water partition coefficient (Wildman–Crippen LogP) is 0.768. The lowest BCUT2D eigenvalue weighted by atomic mass is 10.1. The summed E-state index contributed by atoms with van der Waals surface area (Å²) in [7, 11) is 1.21. The van der Waals surface area contributed by atoms with Gasteiger partial charge in [-0.1, -0.05) is 12.1 Å². The van der Waals surface area contributed by atoms with Gasteiger partial charge in [0.25, 0.3) is 5.69 Å². The second kappa shape index (κ2) is 4.52. The zero-order valence-corrected chi connectivity index (χ0v) is 8.04. The molecule has 1 aromatic carbocycles. The van der Waals surface area contributed by atoms with Crippen molar-refractivity contribution in [3.63, 3.8) is 0 Å². The van der Waals surface area contributed by atoms with Crippen molar-refractivity contribution >= 4 is 11.7 Å². The van der Waals surface area contributed by atoms with Gasteiger partial charge < -0.3 is 10.5 Å². The first-order chi connectivity index (χ1) is 7.06. The third kappa shape index (κ3) is 2.50. The van der Waals surface area contributed by atoms with E-state index in [0.29, 0.717) is 5.56 Å². The van der Waals surface area contributed by atoms with Crippen molar-refractivity contribution in [3.05, 3.63) is 39.9 Å². The van der Waals surface area contributed by atoms with Crippen molar-refractivity contribution in [2.75, 3.05) is 7.11 Å². The first-order valence-corrected chi connectivity index (χ1v) is 4.14. The van der Waals surface area contributed by atoms with Gasteiger partial charge in [0.2, 0.25) is 0 Å². The fourth-order valence-corrected chi connectivity index (χ4v) is 1.09. The van der Waals surface area contributed by atoms with E-state index in [1.54, 1.807) is 0 Å². The number of esters is 1. The third-order valence-corrected chi connectivity index (χ3v) is 1.90. The van der Waals surface area contributed by atoms with Gasteiger partial charge in [-0.3, -0.25) is 14.9 Å². The lowest BCUT2D eigenvalue weighted by Crippen LogP contribution is -2.22. The van der Waals surface area contributed by atoms with Gasteiger partial charge in [0.05, 0.1) is 12.0 Å². The van der Waals surface area contributed by atoms with Gasteiger partial charge in [-0.15, -0.1) is 0 Å². The Hall–Kier alpha value is -1.95. The first-order valence-electron chi connectivity index (χ1n) is 4.14. The summed E-state index contributed by atoms with van der Waals surface area (Å²) in [6.07, 6.45) is 0. The van der Waals surface area contributed by atoms with Crippen molar-refractivity contribution in [2.24, 2.45) is 5.73 Å². The number of methoxy groups -OCH3 is 1. The van der Waals surface area contributed by atoms with Crippen LogP contribution in [0.4, 0.5) is 5.69 Å². The third-order valence-electron chi connectivity index (χ3n) is 1.90. The predicted molar refractivity (Wildman–Crippen MR) is 52.0 cm³/mol. The van der Waals surface area contributed by atoms with E-state index in [4.69, 9.17) is 5.73 Å². The van der Waals surface area contributed by atoms with E-state index in [-0.39, 0.29) is 5.69 Å². The molecule has 0 bridgehead atoms. The molecule has 6 heteroatoms. The lowest BCUT2D eigenvalue weighted by molar-refractivity contribution is -0.384. The van der Waals surface area contributed by atoms with Crippen LogP contribution in [0.5, 0.6) is 0 Å². The number of ether oxygens (including phenoxy) is 1. The maximum atomic E-state index is 11.1. The normalized spacial score (nSPS) is 11.9. The second-order valence-electron chi connectivity index (χ2n) is 2.85. The van der Waals surface area contributed by atoms with Gasteiger partial charge >= 0.3 is 5.97 Å². The highest BCUT2D eigenvalue weighted by Gasteiger charge is 2.18. The van der Waals surface area contributed by atoms with Crippen molar-refractivity contribution in [1.29, 1.82) is 0 Å². The molecule has 80 valence electrons. The summed E-state index contributed by atoms with van der Waals surface area (Å²) in [4.78, 5) is 21.0. The van der Waals surface area contributed by atoms with E-state index in [9.17, 15) is 14.9 Å². The lowest BCUT2D eigenvalue weighted by Gasteiger charge is -2.08. The molecule has 15 heavy (non-hydrogen) atoms. The number of hydrogen-bond donors (Lipinski definition) is 1. The number of hydrogen-bond acceptors (Lipinski definition) is 5. The minimum atomic E-state index is -0.991. The van der Waals surface area contributed by atoms with E-state index < -0.39 is 16.9 Å². The standard InChI is InChI=1S/C9H10N2O4/c1-15-9(12)8(10)6-3-2-4-7(5-6)11(13)14/h2-5,8H,10H2,1H3/t8-/m1/s1. The topological polar surface area (TPSA) is 95.5 Å². The molecule has 0 radical (unpaired) electrons. The summed E-state index contributed by atoms with van der Waals surface area (Å²) < 4.78 is 4.43. The van der Waals surface area contributed by atoms with E-state index >= 15 is 0 Å². The highest BCUT2D eigenvalue weighted by Crippen LogP contribution is 2.18. The largest absolute Gasteiger partial charge is 0.468 e. The Morgan fingerprint density at radius 3 is 2.80 bits per heavy atom. The minimum absolute atomic E-state index is 0.105. The molecule has 0 aliphatic carbocycles. The number of nitro benzene ring substituents is 1. The maximum absolute atomic E-state index is 11.1. The van der Waals surface area contributed by atoms with Gasteiger partial charge in [-0.25, -0.2) is 0 Å². The first kappa shape index (κ1) is 11.1. The molecule has 0 aliphatic rings. The fraction of sp³-hybridized carbons (Fsp3) is 0.222. The fourth-order valence-electron chi connectivity index (χ4n) is 1.09. The summed E-state index contributed by atoms with van der Waals surface area (Å²) in [5, 5.41) is 10.5. The molecule has 0 aromatic heterocycles. The highest BCUT2D eigenvalue weighted by molar-refractivity contribution is 5.77. The van der Waals surface area contributed by atoms with Crippen LogP contribution in [0, 0.1) is 10.1 Å². The number of carbonyl (C=O) groups excluding carboxylic acids is 1. The number of rotatable bonds is 3. The molecule has 0 aliphatic heterocycles. The van der Waals surface area contributed by atoms with E-state index in [1.165, 1.54) is 31.4 Å². The average molecular weight is 210 g/mol. The van der Waals surface area contributed by atoms with Crippen molar-refractivity contribution in [2.45, 2.75) is 6.04 Å². The minimum Gasteiger partial charge on any atom is -0.468 e. The van der Waals surface area contributed by atoms with Crippen LogP contribution in [0.3, 0.4) is 0 Å². The molecular formula is C9H10N2O4. The molecule has 0 amide bonds. The van der Waals surface area contributed by atoms with Gasteiger partial charge in [0.1, 0.15) is 6.04 Å². The summed E-state index contributed by atoms with van der Waals surface area (Å²) in [5.74, 6) is -0.629. The van der Waals surface area contributed by atoms with Gasteiger partial charge in [0.15, 0.2) is 0 Å². The zero-order valence-electron chi connectivity index (χ0n) is 8.04. The van der Waals surface area contributed by atoms with Crippen LogP contribution in [0.2, 0.25) is 0 Å². The van der Waals surface area contributed by atoms with Crippen LogP contribution in [-0.4, -0.2) is 18.0 Å². The number of nitro groups is 1. The van der Waals surface area contributed by atoms with Crippen LogP contribution < -0.4 is 5.73 Å². The Morgan fingerprint density at radius 2 is 2.27 bits per heavy atom. The average Bonchev–Trinajstić information content (AvgIpc) is 2.27. The maximum Gasteiger partial charge on any atom is 0.327 e. The Labute approximate surface area is 85.8 Å². The number of benzene rings is 1. The highest BCUT2D eigenvalue weighted by atomic mass is 16.6. The monoisotopic (exact) mass is 210 g/mol. The molecule has 0 saturated carbocycles.